The van der Waals surface area contributed by atoms with Crippen LogP contribution in [0.15, 0.2) is 32.3 Å². The fourth-order valence-electron chi connectivity index (χ4n) is 2.54. The molecule has 1 aromatic carbocycles. The van der Waals surface area contributed by atoms with Crippen LogP contribution in [0.4, 0.5) is 0 Å². The summed E-state index contributed by atoms with van der Waals surface area (Å²) in [5.41, 5.74) is 2.75. The third-order valence-electron chi connectivity index (χ3n) is 3.76. The Balaban J connectivity index is 2.18. The van der Waals surface area contributed by atoms with Gasteiger partial charge < -0.3 is 4.52 Å². The normalized spacial score (nSPS) is 15.0. The van der Waals surface area contributed by atoms with E-state index in [4.69, 9.17) is 16.7 Å². The molecule has 0 radical (unpaired) electrons. The SMILES string of the molecule is Cc1c(Br)ccc(C(=S)c2conc2C2CC2)c1S(C)(=O)=O. The van der Waals surface area contributed by atoms with E-state index in [1.165, 1.54) is 12.5 Å². The van der Waals surface area contributed by atoms with E-state index in [2.05, 4.69) is 21.1 Å². The van der Waals surface area contributed by atoms with E-state index in [1.54, 1.807) is 13.0 Å². The van der Waals surface area contributed by atoms with Gasteiger partial charge in [-0.1, -0.05) is 39.4 Å². The van der Waals surface area contributed by atoms with Crippen molar-refractivity contribution in [1.29, 1.82) is 0 Å². The number of rotatable bonds is 4. The fourth-order valence-corrected chi connectivity index (χ4v) is 4.62. The molecule has 22 heavy (non-hydrogen) atoms. The number of thiocarbonyl (C=S) groups is 1. The Kier molecular flexibility index (Phi) is 3.99. The summed E-state index contributed by atoms with van der Waals surface area (Å²) >= 11 is 8.93. The predicted molar refractivity (Wildman–Crippen MR) is 91.3 cm³/mol. The largest absolute Gasteiger partial charge is 0.364 e. The number of aromatic nitrogens is 1. The van der Waals surface area contributed by atoms with E-state index in [0.717, 1.165) is 28.6 Å². The van der Waals surface area contributed by atoms with Crippen molar-refractivity contribution in [3.63, 3.8) is 0 Å². The molecule has 1 aliphatic carbocycles. The average Bonchev–Trinajstić information content (AvgIpc) is 3.17. The van der Waals surface area contributed by atoms with E-state index in [9.17, 15) is 8.42 Å². The number of halogens is 1. The van der Waals surface area contributed by atoms with E-state index in [0.29, 0.717) is 21.9 Å². The molecular formula is C15H14BrNO3S2. The van der Waals surface area contributed by atoms with Crippen molar-refractivity contribution in [1.82, 2.24) is 5.16 Å². The summed E-state index contributed by atoms with van der Waals surface area (Å²) in [7, 11) is -3.41. The molecule has 1 aliphatic rings. The lowest BCUT2D eigenvalue weighted by atomic mass is 10.0. The standard InChI is InChI=1S/C15H14BrNO3S2/c1-8-12(16)6-5-10(15(8)22(2,18)19)14(21)11-7-20-17-13(11)9-3-4-9/h5-7,9H,3-4H2,1-2H3. The van der Waals surface area contributed by atoms with Gasteiger partial charge in [-0.2, -0.15) is 0 Å². The zero-order valence-electron chi connectivity index (χ0n) is 12.1. The number of sulfone groups is 1. The number of hydrogen-bond acceptors (Lipinski definition) is 5. The minimum absolute atomic E-state index is 0.259. The van der Waals surface area contributed by atoms with Gasteiger partial charge in [-0.05, 0) is 31.4 Å². The van der Waals surface area contributed by atoms with Gasteiger partial charge in [0.25, 0.3) is 0 Å². The third kappa shape index (κ3) is 2.77. The summed E-state index contributed by atoms with van der Waals surface area (Å²) in [5.74, 6) is 0.380. The first-order chi connectivity index (χ1) is 10.3. The van der Waals surface area contributed by atoms with Crippen LogP contribution in [0.3, 0.4) is 0 Å². The minimum atomic E-state index is -3.41. The van der Waals surface area contributed by atoms with Gasteiger partial charge in [-0.15, -0.1) is 0 Å². The quantitative estimate of drug-likeness (QED) is 0.577. The van der Waals surface area contributed by atoms with Crippen LogP contribution in [0.2, 0.25) is 0 Å². The topological polar surface area (TPSA) is 60.2 Å². The van der Waals surface area contributed by atoms with Crippen LogP contribution in [0.5, 0.6) is 0 Å². The molecule has 4 nitrogen and oxygen atoms in total. The first kappa shape index (κ1) is 15.8. The lowest BCUT2D eigenvalue weighted by molar-refractivity contribution is 0.412. The Morgan fingerprint density at radius 2 is 2.05 bits per heavy atom. The lowest BCUT2D eigenvalue weighted by Gasteiger charge is -2.13. The lowest BCUT2D eigenvalue weighted by Crippen LogP contribution is -2.11. The zero-order valence-corrected chi connectivity index (χ0v) is 15.3. The maximum Gasteiger partial charge on any atom is 0.176 e. The Labute approximate surface area is 142 Å². The van der Waals surface area contributed by atoms with E-state index < -0.39 is 9.84 Å². The van der Waals surface area contributed by atoms with Gasteiger partial charge in [0.2, 0.25) is 0 Å². The van der Waals surface area contributed by atoms with E-state index >= 15 is 0 Å². The van der Waals surface area contributed by atoms with Crippen LogP contribution in [0, 0.1) is 6.92 Å². The highest BCUT2D eigenvalue weighted by Gasteiger charge is 2.32. The molecule has 3 rings (SSSR count). The number of nitrogens with zero attached hydrogens (tertiary/aromatic N) is 1. The molecule has 7 heteroatoms. The van der Waals surface area contributed by atoms with Crippen molar-refractivity contribution >= 4 is 42.8 Å². The maximum atomic E-state index is 12.2. The first-order valence-corrected chi connectivity index (χ1v) is 9.88. The molecule has 1 fully saturated rings. The molecule has 2 aromatic rings. The molecule has 0 atom stereocenters. The Morgan fingerprint density at radius 1 is 1.36 bits per heavy atom. The number of benzene rings is 1. The second kappa shape index (κ2) is 5.54. The molecule has 1 heterocycles. The van der Waals surface area contributed by atoms with Crippen molar-refractivity contribution in [2.24, 2.45) is 0 Å². The molecule has 0 bridgehead atoms. The van der Waals surface area contributed by atoms with Crippen molar-refractivity contribution in [3.05, 3.63) is 45.3 Å². The van der Waals surface area contributed by atoms with Crippen molar-refractivity contribution < 1.29 is 12.9 Å². The van der Waals surface area contributed by atoms with Crippen LogP contribution < -0.4 is 0 Å². The van der Waals surface area contributed by atoms with Crippen LogP contribution in [0.1, 0.15) is 41.1 Å². The van der Waals surface area contributed by atoms with Crippen molar-refractivity contribution in [3.8, 4) is 0 Å². The van der Waals surface area contributed by atoms with Gasteiger partial charge in [-0.3, -0.25) is 0 Å². The van der Waals surface area contributed by atoms with Gasteiger partial charge in [-0.25, -0.2) is 8.42 Å². The van der Waals surface area contributed by atoms with Gasteiger partial charge in [0, 0.05) is 22.2 Å². The van der Waals surface area contributed by atoms with Crippen molar-refractivity contribution in [2.45, 2.75) is 30.6 Å². The highest BCUT2D eigenvalue weighted by Crippen LogP contribution is 2.41. The van der Waals surface area contributed by atoms with Gasteiger partial charge in [0.1, 0.15) is 6.26 Å². The molecular weight excluding hydrogens is 386 g/mol. The Bertz CT molecular complexity index is 867. The molecule has 0 amide bonds. The van der Waals surface area contributed by atoms with Crippen LogP contribution >= 0.6 is 28.1 Å². The van der Waals surface area contributed by atoms with Crippen molar-refractivity contribution in [2.75, 3.05) is 6.26 Å². The smallest absolute Gasteiger partial charge is 0.176 e. The highest BCUT2D eigenvalue weighted by molar-refractivity contribution is 9.10. The van der Waals surface area contributed by atoms with Crippen LogP contribution in [-0.4, -0.2) is 24.7 Å². The molecule has 1 aromatic heterocycles. The second-order valence-corrected chi connectivity index (χ2v) is 8.75. The Hall–Kier alpha value is -1.05. The molecule has 0 unspecified atom stereocenters. The molecule has 0 aliphatic heterocycles. The summed E-state index contributed by atoms with van der Waals surface area (Å²) in [6.07, 6.45) is 4.85. The average molecular weight is 400 g/mol. The molecule has 116 valence electrons. The maximum absolute atomic E-state index is 12.2. The summed E-state index contributed by atoms with van der Waals surface area (Å²) in [6.45, 7) is 1.77. The zero-order chi connectivity index (χ0) is 16.1. The first-order valence-electron chi connectivity index (χ1n) is 6.79. The number of hydrogen-bond donors (Lipinski definition) is 0. The van der Waals surface area contributed by atoms with Crippen LogP contribution in [-0.2, 0) is 9.84 Å². The van der Waals surface area contributed by atoms with E-state index in [-0.39, 0.29) is 4.90 Å². The molecule has 0 saturated heterocycles. The summed E-state index contributed by atoms with van der Waals surface area (Å²) < 4.78 is 30.2. The second-order valence-electron chi connectivity index (χ2n) is 5.54. The van der Waals surface area contributed by atoms with Crippen LogP contribution in [0.25, 0.3) is 0 Å². The Morgan fingerprint density at radius 3 is 2.64 bits per heavy atom. The molecule has 1 saturated carbocycles. The minimum Gasteiger partial charge on any atom is -0.364 e. The predicted octanol–water partition coefficient (Wildman–Crippen LogP) is 3.79. The van der Waals surface area contributed by atoms with E-state index in [1.807, 2.05) is 6.07 Å². The van der Waals surface area contributed by atoms with Gasteiger partial charge in [0.05, 0.1) is 21.0 Å². The van der Waals surface area contributed by atoms with Gasteiger partial charge >= 0.3 is 0 Å². The summed E-state index contributed by atoms with van der Waals surface area (Å²) in [5, 5.41) is 4.04. The monoisotopic (exact) mass is 399 g/mol. The third-order valence-corrected chi connectivity index (χ3v) is 6.33. The molecule has 0 spiro atoms. The molecule has 0 N–H and O–H groups in total. The van der Waals surface area contributed by atoms with Gasteiger partial charge in [0.15, 0.2) is 9.84 Å². The summed E-state index contributed by atoms with van der Waals surface area (Å²) in [4.78, 5) is 0.731. The summed E-state index contributed by atoms with van der Waals surface area (Å²) in [6, 6.07) is 3.55. The highest BCUT2D eigenvalue weighted by atomic mass is 79.9. The fraction of sp³-hybridized carbons (Fsp3) is 0.333.